The number of benzene rings is 1. The molecule has 0 bridgehead atoms. The maximum atomic E-state index is 11.5. The fourth-order valence-corrected chi connectivity index (χ4v) is 3.05. The van der Waals surface area contributed by atoms with Gasteiger partial charge in [-0.15, -0.1) is 11.3 Å². The fraction of sp³-hybridized carbons (Fsp3) is 0.444. The van der Waals surface area contributed by atoms with Crippen molar-refractivity contribution in [3.8, 4) is 0 Å². The lowest BCUT2D eigenvalue weighted by Crippen LogP contribution is -2.24. The van der Waals surface area contributed by atoms with Gasteiger partial charge in [-0.05, 0) is 12.5 Å². The van der Waals surface area contributed by atoms with Gasteiger partial charge in [0.15, 0.2) is 0 Å². The van der Waals surface area contributed by atoms with Crippen LogP contribution in [0.3, 0.4) is 0 Å². The zero-order valence-corrected chi connectivity index (χ0v) is 14.7. The molecule has 0 aliphatic heterocycles. The van der Waals surface area contributed by atoms with Gasteiger partial charge >= 0.3 is 5.97 Å². The summed E-state index contributed by atoms with van der Waals surface area (Å²) in [6, 6.07) is 10.1. The van der Waals surface area contributed by atoms with Crippen LogP contribution in [0.5, 0.6) is 0 Å². The largest absolute Gasteiger partial charge is 0.466 e. The lowest BCUT2D eigenvalue weighted by atomic mass is 9.96. The zero-order valence-electron chi connectivity index (χ0n) is 13.9. The Bertz CT molecular complexity index is 622. The zero-order chi connectivity index (χ0) is 16.7. The van der Waals surface area contributed by atoms with Crippen molar-refractivity contribution in [2.24, 2.45) is 0 Å². The van der Waals surface area contributed by atoms with Crippen LogP contribution in [0.2, 0.25) is 0 Å². The molecule has 2 aromatic rings. The molecular weight excluding hydrogens is 310 g/mol. The Balaban J connectivity index is 1.89. The molecule has 0 amide bonds. The van der Waals surface area contributed by atoms with E-state index in [1.165, 1.54) is 0 Å². The summed E-state index contributed by atoms with van der Waals surface area (Å²) >= 11 is 1.56. The van der Waals surface area contributed by atoms with Crippen molar-refractivity contribution in [1.82, 2.24) is 4.98 Å². The molecule has 0 spiro atoms. The summed E-state index contributed by atoms with van der Waals surface area (Å²) in [6.07, 6.45) is 0.227. The van der Waals surface area contributed by atoms with Gasteiger partial charge in [-0.1, -0.05) is 44.2 Å². The average Bonchev–Trinajstić information content (AvgIpc) is 2.98. The molecule has 0 fully saturated rings. The second kappa shape index (κ2) is 8.22. The number of carbonyl (C=O) groups excluding carboxylic acids is 1. The molecule has 0 N–H and O–H groups in total. The van der Waals surface area contributed by atoms with Crippen molar-refractivity contribution in [2.45, 2.75) is 39.2 Å². The van der Waals surface area contributed by atoms with Crippen LogP contribution in [-0.4, -0.2) is 24.2 Å². The van der Waals surface area contributed by atoms with E-state index in [1.807, 2.05) is 35.7 Å². The first-order valence-corrected chi connectivity index (χ1v) is 8.61. The summed E-state index contributed by atoms with van der Waals surface area (Å²) < 4.78 is 10.8. The van der Waals surface area contributed by atoms with E-state index >= 15 is 0 Å². The molecule has 0 atom stereocenters. The van der Waals surface area contributed by atoms with Gasteiger partial charge in [0.25, 0.3) is 0 Å². The summed E-state index contributed by atoms with van der Waals surface area (Å²) in [5.41, 5.74) is 1.73. The van der Waals surface area contributed by atoms with Crippen molar-refractivity contribution < 1.29 is 14.3 Å². The lowest BCUT2D eigenvalue weighted by Gasteiger charge is -2.21. The first-order chi connectivity index (χ1) is 11.0. The Hall–Kier alpha value is -1.72. The van der Waals surface area contributed by atoms with Crippen LogP contribution in [0.25, 0.3) is 0 Å². The number of thiazole rings is 1. The predicted octanol–water partition coefficient (Wildman–Crippen LogP) is 3.74. The number of rotatable bonds is 8. The number of hydrogen-bond donors (Lipinski definition) is 0. The molecule has 23 heavy (non-hydrogen) atoms. The number of hydrogen-bond acceptors (Lipinski definition) is 5. The highest BCUT2D eigenvalue weighted by Crippen LogP contribution is 2.27. The summed E-state index contributed by atoms with van der Waals surface area (Å²) in [6.45, 7) is 7.57. The molecule has 1 heterocycles. The molecule has 1 aromatic heterocycles. The number of esters is 1. The number of carbonyl (C=O) groups is 1. The molecule has 124 valence electrons. The van der Waals surface area contributed by atoms with Crippen molar-refractivity contribution in [2.75, 3.05) is 13.2 Å². The van der Waals surface area contributed by atoms with Crippen molar-refractivity contribution >= 4 is 17.3 Å². The Kier molecular flexibility index (Phi) is 6.30. The second-order valence-electron chi connectivity index (χ2n) is 5.99. The van der Waals surface area contributed by atoms with Crippen LogP contribution in [0.4, 0.5) is 0 Å². The smallest absolute Gasteiger partial charge is 0.311 e. The highest BCUT2D eigenvalue weighted by Gasteiger charge is 2.25. The number of nitrogens with zero attached hydrogens (tertiary/aromatic N) is 1. The van der Waals surface area contributed by atoms with Crippen molar-refractivity contribution in [3.05, 3.63) is 52.0 Å². The van der Waals surface area contributed by atoms with E-state index in [2.05, 4.69) is 18.8 Å². The van der Waals surface area contributed by atoms with Gasteiger partial charge in [0.1, 0.15) is 5.01 Å². The third kappa shape index (κ3) is 5.44. The van der Waals surface area contributed by atoms with Crippen LogP contribution in [-0.2, 0) is 32.7 Å². The van der Waals surface area contributed by atoms with Crippen LogP contribution in [0.1, 0.15) is 37.0 Å². The molecular formula is C18H23NO3S. The van der Waals surface area contributed by atoms with Crippen LogP contribution >= 0.6 is 11.3 Å². The Labute approximate surface area is 141 Å². The van der Waals surface area contributed by atoms with E-state index in [0.717, 1.165) is 16.3 Å². The quantitative estimate of drug-likeness (QED) is 0.691. The minimum atomic E-state index is -0.234. The topological polar surface area (TPSA) is 48.4 Å². The number of aromatic nitrogens is 1. The van der Waals surface area contributed by atoms with Crippen molar-refractivity contribution in [3.63, 3.8) is 0 Å². The molecule has 4 nitrogen and oxygen atoms in total. The molecule has 1 aromatic carbocycles. The SMILES string of the molecule is CCOC(=O)Cc1csc(C(C)(C)COCc2ccccc2)n1. The van der Waals surface area contributed by atoms with Gasteiger partial charge in [-0.2, -0.15) is 0 Å². The van der Waals surface area contributed by atoms with Gasteiger partial charge in [0, 0.05) is 10.8 Å². The van der Waals surface area contributed by atoms with E-state index in [1.54, 1.807) is 18.3 Å². The van der Waals surface area contributed by atoms with E-state index in [9.17, 15) is 4.79 Å². The molecule has 0 unspecified atom stereocenters. The van der Waals surface area contributed by atoms with Gasteiger partial charge < -0.3 is 9.47 Å². The Morgan fingerprint density at radius 2 is 2.00 bits per heavy atom. The monoisotopic (exact) mass is 333 g/mol. The third-order valence-electron chi connectivity index (χ3n) is 3.34. The van der Waals surface area contributed by atoms with E-state index in [-0.39, 0.29) is 17.8 Å². The molecule has 0 radical (unpaired) electrons. The summed E-state index contributed by atoms with van der Waals surface area (Å²) in [5.74, 6) is -0.234. The summed E-state index contributed by atoms with van der Waals surface area (Å²) in [4.78, 5) is 16.1. The summed E-state index contributed by atoms with van der Waals surface area (Å²) in [7, 11) is 0. The van der Waals surface area contributed by atoms with E-state index in [4.69, 9.17) is 9.47 Å². The minimum absolute atomic E-state index is 0.188. The third-order valence-corrected chi connectivity index (χ3v) is 4.59. The first kappa shape index (κ1) is 17.6. The van der Waals surface area contributed by atoms with E-state index < -0.39 is 0 Å². The molecule has 0 saturated carbocycles. The minimum Gasteiger partial charge on any atom is -0.466 e. The second-order valence-corrected chi connectivity index (χ2v) is 6.85. The molecule has 5 heteroatoms. The molecule has 0 saturated heterocycles. The van der Waals surface area contributed by atoms with E-state index in [0.29, 0.717) is 19.8 Å². The summed E-state index contributed by atoms with van der Waals surface area (Å²) in [5, 5.41) is 2.90. The standard InChI is InChI=1S/C18H23NO3S/c1-4-22-16(20)10-15-12-23-17(19-15)18(2,3)13-21-11-14-8-6-5-7-9-14/h5-9,12H,4,10-11,13H2,1-3H3. The molecule has 0 aliphatic carbocycles. The van der Waals surface area contributed by atoms with Gasteiger partial charge in [0.2, 0.25) is 0 Å². The number of ether oxygens (including phenoxy) is 2. The average molecular weight is 333 g/mol. The lowest BCUT2D eigenvalue weighted by molar-refractivity contribution is -0.142. The van der Waals surface area contributed by atoms with Crippen LogP contribution in [0, 0.1) is 0 Å². The Morgan fingerprint density at radius 1 is 1.26 bits per heavy atom. The Morgan fingerprint density at radius 3 is 2.70 bits per heavy atom. The van der Waals surface area contributed by atoms with Crippen molar-refractivity contribution in [1.29, 1.82) is 0 Å². The van der Waals surface area contributed by atoms with Crippen LogP contribution < -0.4 is 0 Å². The highest BCUT2D eigenvalue weighted by atomic mass is 32.1. The molecule has 0 aliphatic rings. The van der Waals surface area contributed by atoms with Gasteiger partial charge in [-0.25, -0.2) is 4.98 Å². The maximum Gasteiger partial charge on any atom is 0.311 e. The van der Waals surface area contributed by atoms with Gasteiger partial charge in [-0.3, -0.25) is 4.79 Å². The highest BCUT2D eigenvalue weighted by molar-refractivity contribution is 7.09. The fourth-order valence-electron chi connectivity index (χ4n) is 2.12. The van der Waals surface area contributed by atoms with Crippen LogP contribution in [0.15, 0.2) is 35.7 Å². The maximum absolute atomic E-state index is 11.5. The normalized spacial score (nSPS) is 11.4. The van der Waals surface area contributed by atoms with Gasteiger partial charge in [0.05, 0.1) is 31.9 Å². The first-order valence-electron chi connectivity index (χ1n) is 7.73. The molecule has 2 rings (SSSR count). The predicted molar refractivity (Wildman–Crippen MR) is 91.6 cm³/mol.